The van der Waals surface area contributed by atoms with E-state index in [1.165, 1.54) is 32.4 Å². The van der Waals surface area contributed by atoms with Crippen LogP contribution in [-0.2, 0) is 6.42 Å². The van der Waals surface area contributed by atoms with Gasteiger partial charge in [-0.25, -0.2) is 0 Å². The van der Waals surface area contributed by atoms with Crippen LogP contribution in [-0.4, -0.2) is 75.7 Å². The molecule has 2 fully saturated rings. The highest BCUT2D eigenvalue weighted by molar-refractivity contribution is 14.0. The normalized spacial score (nSPS) is 21.0. The highest BCUT2D eigenvalue weighted by atomic mass is 127. The van der Waals surface area contributed by atoms with Crippen molar-refractivity contribution in [3.63, 3.8) is 0 Å². The van der Waals surface area contributed by atoms with Gasteiger partial charge in [-0.2, -0.15) is 0 Å². The molecule has 0 aliphatic carbocycles. The number of fused-ring (bicyclic) bond motifs is 1. The Morgan fingerprint density at radius 1 is 1.22 bits per heavy atom. The molecule has 0 aromatic carbocycles. The minimum atomic E-state index is 0. The maximum Gasteiger partial charge on any atom is 0.193 e. The molecule has 1 atom stereocenters. The third kappa shape index (κ3) is 4.71. The average molecular weight is 483 g/mol. The van der Waals surface area contributed by atoms with E-state index in [4.69, 9.17) is 4.99 Å². The molecule has 2 aromatic heterocycles. The summed E-state index contributed by atoms with van der Waals surface area (Å²) in [6.45, 7) is 8.49. The van der Waals surface area contributed by atoms with Crippen LogP contribution < -0.4 is 5.32 Å². The first-order valence-corrected chi connectivity index (χ1v) is 9.91. The summed E-state index contributed by atoms with van der Waals surface area (Å²) in [6.07, 6.45) is 6.78. The van der Waals surface area contributed by atoms with Crippen molar-refractivity contribution in [2.24, 2.45) is 4.99 Å². The van der Waals surface area contributed by atoms with Crippen LogP contribution in [0.4, 0.5) is 0 Å². The van der Waals surface area contributed by atoms with Gasteiger partial charge in [-0.3, -0.25) is 14.3 Å². The largest absolute Gasteiger partial charge is 0.357 e. The first-order valence-electron chi connectivity index (χ1n) is 9.91. The zero-order valence-electron chi connectivity index (χ0n) is 16.0. The predicted octanol–water partition coefficient (Wildman–Crippen LogP) is 2.03. The lowest BCUT2D eigenvalue weighted by Crippen LogP contribution is -2.42. The molecule has 7 nitrogen and oxygen atoms in total. The fraction of sp³-hybridized carbons (Fsp3) is 0.632. The van der Waals surface area contributed by atoms with E-state index in [1.807, 2.05) is 28.8 Å². The Bertz CT molecular complexity index is 753. The summed E-state index contributed by atoms with van der Waals surface area (Å²) in [4.78, 5) is 9.95. The zero-order chi connectivity index (χ0) is 17.8. The van der Waals surface area contributed by atoms with Crippen molar-refractivity contribution in [2.75, 3.05) is 39.3 Å². The summed E-state index contributed by atoms with van der Waals surface area (Å²) in [7, 11) is 0. The molecule has 148 valence electrons. The summed E-state index contributed by atoms with van der Waals surface area (Å²) in [5.74, 6) is 2.01. The molecule has 4 rings (SSSR count). The molecule has 4 heterocycles. The topological polar surface area (TPSA) is 61.1 Å². The summed E-state index contributed by atoms with van der Waals surface area (Å²) >= 11 is 0. The van der Waals surface area contributed by atoms with Crippen LogP contribution in [0.2, 0.25) is 0 Å². The highest BCUT2D eigenvalue weighted by Gasteiger charge is 2.30. The Morgan fingerprint density at radius 2 is 2.07 bits per heavy atom. The van der Waals surface area contributed by atoms with Crippen LogP contribution in [0, 0.1) is 0 Å². The Hall–Kier alpha value is -1.42. The number of rotatable bonds is 5. The van der Waals surface area contributed by atoms with E-state index < -0.39 is 0 Å². The highest BCUT2D eigenvalue weighted by Crippen LogP contribution is 2.20. The van der Waals surface area contributed by atoms with Gasteiger partial charge >= 0.3 is 0 Å². The predicted molar refractivity (Wildman–Crippen MR) is 119 cm³/mol. The lowest BCUT2D eigenvalue weighted by molar-refractivity contribution is 0.249. The monoisotopic (exact) mass is 483 g/mol. The van der Waals surface area contributed by atoms with Crippen LogP contribution in [0.15, 0.2) is 29.4 Å². The second-order valence-corrected chi connectivity index (χ2v) is 7.16. The van der Waals surface area contributed by atoms with E-state index in [9.17, 15) is 0 Å². The van der Waals surface area contributed by atoms with Crippen LogP contribution in [0.3, 0.4) is 0 Å². The van der Waals surface area contributed by atoms with Gasteiger partial charge < -0.3 is 10.2 Å². The molecule has 0 radical (unpaired) electrons. The molecule has 8 heteroatoms. The molecular formula is C19H30IN7. The van der Waals surface area contributed by atoms with Crippen LogP contribution in [0.1, 0.15) is 32.0 Å². The van der Waals surface area contributed by atoms with E-state index in [1.54, 1.807) is 0 Å². The molecule has 0 bridgehead atoms. The van der Waals surface area contributed by atoms with Gasteiger partial charge in [0.1, 0.15) is 5.82 Å². The Morgan fingerprint density at radius 3 is 2.89 bits per heavy atom. The lowest BCUT2D eigenvalue weighted by Gasteiger charge is -2.25. The third-order valence-electron chi connectivity index (χ3n) is 5.44. The second kappa shape index (κ2) is 9.68. The van der Waals surface area contributed by atoms with Crippen molar-refractivity contribution in [1.29, 1.82) is 0 Å². The summed E-state index contributed by atoms with van der Waals surface area (Å²) in [5, 5.41) is 12.0. The number of hydrogen-bond donors (Lipinski definition) is 1. The van der Waals surface area contributed by atoms with Gasteiger partial charge in [0.05, 0.1) is 0 Å². The number of halogens is 1. The Kier molecular flexibility index (Phi) is 7.28. The molecule has 2 aromatic rings. The first-order chi connectivity index (χ1) is 12.8. The van der Waals surface area contributed by atoms with E-state index >= 15 is 0 Å². The van der Waals surface area contributed by atoms with Crippen molar-refractivity contribution >= 4 is 35.6 Å². The van der Waals surface area contributed by atoms with E-state index in [2.05, 4.69) is 32.2 Å². The number of guanidine groups is 1. The Labute approximate surface area is 178 Å². The number of likely N-dealkylation sites (tertiary alicyclic amines) is 2. The first kappa shape index (κ1) is 20.3. The lowest BCUT2D eigenvalue weighted by atomic mass is 10.2. The number of hydrogen-bond acceptors (Lipinski definition) is 4. The second-order valence-electron chi connectivity index (χ2n) is 7.16. The average Bonchev–Trinajstić information content (AvgIpc) is 3.41. The summed E-state index contributed by atoms with van der Waals surface area (Å²) in [5.41, 5.74) is 0.895. The number of nitrogens with zero attached hydrogens (tertiary/aromatic N) is 6. The Balaban J connectivity index is 0.00000210. The molecule has 0 saturated carbocycles. The van der Waals surface area contributed by atoms with Gasteiger partial charge in [0.2, 0.25) is 0 Å². The van der Waals surface area contributed by atoms with Gasteiger partial charge in [-0.1, -0.05) is 6.07 Å². The molecule has 1 unspecified atom stereocenters. The maximum atomic E-state index is 4.87. The summed E-state index contributed by atoms with van der Waals surface area (Å²) < 4.78 is 2.04. The van der Waals surface area contributed by atoms with Gasteiger partial charge in [-0.05, 0) is 51.4 Å². The quantitative estimate of drug-likeness (QED) is 0.401. The fourth-order valence-electron chi connectivity index (χ4n) is 4.09. The van der Waals surface area contributed by atoms with Gasteiger partial charge in [0, 0.05) is 44.8 Å². The number of nitrogens with one attached hydrogen (secondary N) is 1. The molecule has 2 saturated heterocycles. The van der Waals surface area contributed by atoms with Crippen LogP contribution >= 0.6 is 24.0 Å². The van der Waals surface area contributed by atoms with Gasteiger partial charge in [-0.15, -0.1) is 34.2 Å². The molecule has 27 heavy (non-hydrogen) atoms. The van der Waals surface area contributed by atoms with Gasteiger partial charge in [0.25, 0.3) is 0 Å². The van der Waals surface area contributed by atoms with Gasteiger partial charge in [0.15, 0.2) is 11.6 Å². The summed E-state index contributed by atoms with van der Waals surface area (Å²) in [6, 6.07) is 6.67. The van der Waals surface area contributed by atoms with Crippen molar-refractivity contribution in [3.8, 4) is 0 Å². The number of pyridine rings is 1. The minimum absolute atomic E-state index is 0. The molecule has 0 spiro atoms. The van der Waals surface area contributed by atoms with Crippen molar-refractivity contribution in [2.45, 2.75) is 38.6 Å². The molecule has 2 aliphatic heterocycles. The van der Waals surface area contributed by atoms with Crippen molar-refractivity contribution in [1.82, 2.24) is 29.7 Å². The van der Waals surface area contributed by atoms with Crippen LogP contribution in [0.5, 0.6) is 0 Å². The molecular weight excluding hydrogens is 453 g/mol. The zero-order valence-corrected chi connectivity index (χ0v) is 18.4. The number of aliphatic imine (C=N–C) groups is 1. The molecule has 2 aliphatic rings. The van der Waals surface area contributed by atoms with Crippen molar-refractivity contribution in [3.05, 3.63) is 30.2 Å². The van der Waals surface area contributed by atoms with E-state index in [-0.39, 0.29) is 24.0 Å². The third-order valence-corrected chi connectivity index (χ3v) is 5.44. The van der Waals surface area contributed by atoms with Crippen molar-refractivity contribution < 1.29 is 0 Å². The fourth-order valence-corrected chi connectivity index (χ4v) is 4.09. The van der Waals surface area contributed by atoms with Crippen LogP contribution in [0.25, 0.3) is 5.65 Å². The smallest absolute Gasteiger partial charge is 0.193 e. The SMILES string of the molecule is CCNC(=NCCc1nnc2ccccn12)N1CCC(N2CCCC2)C1.I. The number of aromatic nitrogens is 3. The van der Waals surface area contributed by atoms with E-state index in [0.29, 0.717) is 6.04 Å². The molecule has 1 N–H and O–H groups in total. The van der Waals surface area contributed by atoms with E-state index in [0.717, 1.165) is 50.0 Å². The standard InChI is InChI=1S/C19H29N7.HI/c1-2-20-19(25-14-9-16(15-25)24-11-5-6-12-24)21-10-8-18-23-22-17-7-3-4-13-26(17)18;/h3-4,7,13,16H,2,5-6,8-12,14-15H2,1H3,(H,20,21);1H. The maximum absolute atomic E-state index is 4.87. The minimum Gasteiger partial charge on any atom is -0.357 e. The molecule has 0 amide bonds.